The first-order valence-electron chi connectivity index (χ1n) is 11.9. The number of anilines is 1. The van der Waals surface area contributed by atoms with E-state index in [0.29, 0.717) is 69.2 Å². The van der Waals surface area contributed by atoms with Crippen LogP contribution in [0.4, 0.5) is 10.1 Å². The molecule has 0 atom stereocenters. The number of rotatable bonds is 7. The standard InChI is InChI=1S/C25H30FN3O6S/c1-17(30)18-3-5-23(22(26)15-18)28-9-11-29(12-10-28)25(31)21-16-20(36(32,33)27-2)4-6-24(21)35-19-7-13-34-14-8-19/h3-6,15-16,19,27H,7-14H2,1-2H3. The van der Waals surface area contributed by atoms with Crippen molar-refractivity contribution in [2.45, 2.75) is 30.8 Å². The van der Waals surface area contributed by atoms with Gasteiger partial charge in [0.25, 0.3) is 5.91 Å². The van der Waals surface area contributed by atoms with Gasteiger partial charge in [0.1, 0.15) is 17.7 Å². The Morgan fingerprint density at radius 1 is 1.06 bits per heavy atom. The van der Waals surface area contributed by atoms with Crippen LogP contribution in [0.15, 0.2) is 41.3 Å². The Hall–Kier alpha value is -3.02. The summed E-state index contributed by atoms with van der Waals surface area (Å²) in [4.78, 5) is 28.5. The van der Waals surface area contributed by atoms with Crippen molar-refractivity contribution in [1.82, 2.24) is 9.62 Å². The molecule has 1 amide bonds. The molecule has 9 nitrogen and oxygen atoms in total. The highest BCUT2D eigenvalue weighted by molar-refractivity contribution is 7.89. The summed E-state index contributed by atoms with van der Waals surface area (Å²) in [6, 6.07) is 8.68. The third-order valence-electron chi connectivity index (χ3n) is 6.48. The topological polar surface area (TPSA) is 105 Å². The highest BCUT2D eigenvalue weighted by Crippen LogP contribution is 2.28. The zero-order chi connectivity index (χ0) is 25.9. The Balaban J connectivity index is 1.53. The number of halogens is 1. The predicted molar refractivity (Wildman–Crippen MR) is 132 cm³/mol. The monoisotopic (exact) mass is 519 g/mol. The van der Waals surface area contributed by atoms with E-state index in [1.807, 2.05) is 4.90 Å². The van der Waals surface area contributed by atoms with Crippen LogP contribution in [0.1, 0.15) is 40.5 Å². The Morgan fingerprint density at radius 3 is 2.36 bits per heavy atom. The molecule has 194 valence electrons. The molecule has 0 saturated carbocycles. The molecule has 0 bridgehead atoms. The van der Waals surface area contributed by atoms with Crippen LogP contribution in [0.5, 0.6) is 5.75 Å². The van der Waals surface area contributed by atoms with Crippen molar-refractivity contribution in [3.05, 3.63) is 53.3 Å². The SMILES string of the molecule is CNS(=O)(=O)c1ccc(OC2CCOCC2)c(C(=O)N2CCN(c3ccc(C(C)=O)cc3F)CC2)c1. The highest BCUT2D eigenvalue weighted by atomic mass is 32.2. The first kappa shape index (κ1) is 26.1. The van der Waals surface area contributed by atoms with Gasteiger partial charge in [0.05, 0.1) is 29.4 Å². The van der Waals surface area contributed by atoms with Crippen molar-refractivity contribution in [3.63, 3.8) is 0 Å². The minimum Gasteiger partial charge on any atom is -0.489 e. The van der Waals surface area contributed by atoms with E-state index < -0.39 is 15.8 Å². The van der Waals surface area contributed by atoms with Gasteiger partial charge in [-0.1, -0.05) is 0 Å². The molecular weight excluding hydrogens is 489 g/mol. The van der Waals surface area contributed by atoms with E-state index in [4.69, 9.17) is 9.47 Å². The van der Waals surface area contributed by atoms with Gasteiger partial charge in [-0.25, -0.2) is 17.5 Å². The fourth-order valence-corrected chi connectivity index (χ4v) is 5.10. The van der Waals surface area contributed by atoms with Crippen molar-refractivity contribution in [2.24, 2.45) is 0 Å². The van der Waals surface area contributed by atoms with Crippen molar-refractivity contribution >= 4 is 27.4 Å². The fraction of sp³-hybridized carbons (Fsp3) is 0.440. The van der Waals surface area contributed by atoms with Gasteiger partial charge in [-0.05, 0) is 50.4 Å². The lowest BCUT2D eigenvalue weighted by Gasteiger charge is -2.36. The number of ether oxygens (including phenoxy) is 2. The molecule has 2 aliphatic heterocycles. The summed E-state index contributed by atoms with van der Waals surface area (Å²) in [5.41, 5.74) is 0.847. The molecule has 11 heteroatoms. The highest BCUT2D eigenvalue weighted by Gasteiger charge is 2.28. The maximum Gasteiger partial charge on any atom is 0.257 e. The number of carbonyl (C=O) groups is 2. The molecule has 4 rings (SSSR count). The smallest absolute Gasteiger partial charge is 0.257 e. The molecule has 2 fully saturated rings. The molecule has 36 heavy (non-hydrogen) atoms. The van der Waals surface area contributed by atoms with Crippen molar-refractivity contribution < 1.29 is 31.9 Å². The summed E-state index contributed by atoms with van der Waals surface area (Å²) in [6.45, 7) is 3.90. The van der Waals surface area contributed by atoms with Gasteiger partial charge in [0.2, 0.25) is 10.0 Å². The van der Waals surface area contributed by atoms with Gasteiger partial charge in [0, 0.05) is 44.6 Å². The lowest BCUT2D eigenvalue weighted by molar-refractivity contribution is 0.0249. The van der Waals surface area contributed by atoms with Gasteiger partial charge >= 0.3 is 0 Å². The van der Waals surface area contributed by atoms with E-state index >= 15 is 0 Å². The largest absolute Gasteiger partial charge is 0.489 e. The average Bonchev–Trinajstić information content (AvgIpc) is 2.89. The van der Waals surface area contributed by atoms with Crippen molar-refractivity contribution in [3.8, 4) is 5.75 Å². The maximum atomic E-state index is 14.6. The molecule has 0 aliphatic carbocycles. The Labute approximate surface area is 210 Å². The molecule has 0 aromatic heterocycles. The molecule has 0 radical (unpaired) electrons. The van der Waals surface area contributed by atoms with Crippen LogP contribution in [0.3, 0.4) is 0 Å². The Morgan fingerprint density at radius 2 is 1.75 bits per heavy atom. The second-order valence-electron chi connectivity index (χ2n) is 8.80. The lowest BCUT2D eigenvalue weighted by atomic mass is 10.1. The van der Waals surface area contributed by atoms with E-state index in [2.05, 4.69) is 4.72 Å². The summed E-state index contributed by atoms with van der Waals surface area (Å²) in [7, 11) is -2.45. The van der Waals surface area contributed by atoms with Crippen molar-refractivity contribution in [1.29, 1.82) is 0 Å². The van der Waals surface area contributed by atoms with Crippen molar-refractivity contribution in [2.75, 3.05) is 51.3 Å². The number of ketones is 1. The van der Waals surface area contributed by atoms with Crippen LogP contribution >= 0.6 is 0 Å². The third-order valence-corrected chi connectivity index (χ3v) is 7.90. The van der Waals surface area contributed by atoms with E-state index in [1.165, 1.54) is 38.2 Å². The molecule has 2 aromatic rings. The molecule has 2 saturated heterocycles. The summed E-state index contributed by atoms with van der Waals surface area (Å²) < 4.78 is 53.2. The third kappa shape index (κ3) is 5.69. The summed E-state index contributed by atoms with van der Waals surface area (Å²) in [6.07, 6.45) is 1.23. The summed E-state index contributed by atoms with van der Waals surface area (Å²) in [5.74, 6) is -0.718. The van der Waals surface area contributed by atoms with Crippen LogP contribution in [-0.2, 0) is 14.8 Å². The van der Waals surface area contributed by atoms with Crippen LogP contribution in [0.2, 0.25) is 0 Å². The zero-order valence-electron chi connectivity index (χ0n) is 20.3. The summed E-state index contributed by atoms with van der Waals surface area (Å²) in [5, 5.41) is 0. The molecular formula is C25H30FN3O6S. The number of benzene rings is 2. The number of piperazine rings is 1. The number of hydrogen-bond acceptors (Lipinski definition) is 7. The quantitative estimate of drug-likeness (QED) is 0.561. The fourth-order valence-electron chi connectivity index (χ4n) is 4.34. The Bertz CT molecular complexity index is 1240. The number of carbonyl (C=O) groups excluding carboxylic acids is 2. The van der Waals surface area contributed by atoms with E-state index in [0.717, 1.165) is 0 Å². The first-order valence-corrected chi connectivity index (χ1v) is 13.3. The van der Waals surface area contributed by atoms with E-state index in [9.17, 15) is 22.4 Å². The van der Waals surface area contributed by atoms with Gasteiger partial charge in [-0.3, -0.25) is 9.59 Å². The van der Waals surface area contributed by atoms with Gasteiger partial charge in [-0.15, -0.1) is 0 Å². The average molecular weight is 520 g/mol. The van der Waals surface area contributed by atoms with Gasteiger partial charge in [0.15, 0.2) is 5.78 Å². The molecule has 2 heterocycles. The number of sulfonamides is 1. The number of nitrogens with one attached hydrogen (secondary N) is 1. The van der Waals surface area contributed by atoms with Crippen LogP contribution in [0.25, 0.3) is 0 Å². The number of Topliss-reactive ketones (excluding diaryl/α,β-unsaturated/α-hetero) is 1. The summed E-state index contributed by atoms with van der Waals surface area (Å²) >= 11 is 0. The van der Waals surface area contributed by atoms with Gasteiger partial charge in [-0.2, -0.15) is 0 Å². The van der Waals surface area contributed by atoms with Crippen LogP contribution in [0, 0.1) is 5.82 Å². The van der Waals surface area contributed by atoms with E-state index in [-0.39, 0.29) is 28.3 Å². The number of hydrogen-bond donors (Lipinski definition) is 1. The zero-order valence-corrected chi connectivity index (χ0v) is 21.1. The number of nitrogens with zero attached hydrogens (tertiary/aromatic N) is 2. The molecule has 1 N–H and O–H groups in total. The molecule has 2 aromatic carbocycles. The second kappa shape index (κ2) is 10.9. The first-order chi connectivity index (χ1) is 17.2. The minimum absolute atomic E-state index is 0.0288. The second-order valence-corrected chi connectivity index (χ2v) is 10.7. The molecule has 2 aliphatic rings. The number of amides is 1. The lowest BCUT2D eigenvalue weighted by Crippen LogP contribution is -2.49. The molecule has 0 spiro atoms. The Kier molecular flexibility index (Phi) is 7.91. The van der Waals surface area contributed by atoms with E-state index in [1.54, 1.807) is 17.0 Å². The maximum absolute atomic E-state index is 14.6. The van der Waals surface area contributed by atoms with Crippen LogP contribution in [-0.4, -0.2) is 77.6 Å². The predicted octanol–water partition coefficient (Wildman–Crippen LogP) is 2.46. The molecule has 0 unspecified atom stereocenters. The van der Waals surface area contributed by atoms with Gasteiger partial charge < -0.3 is 19.3 Å². The minimum atomic E-state index is -3.76. The normalized spacial score (nSPS) is 17.2. The van der Waals surface area contributed by atoms with Crippen LogP contribution < -0.4 is 14.4 Å².